The van der Waals surface area contributed by atoms with Crippen molar-refractivity contribution in [3.05, 3.63) is 94.5 Å². The van der Waals surface area contributed by atoms with Crippen molar-refractivity contribution < 1.29 is 9.84 Å². The number of likely N-dealkylation sites (N-methyl/N-ethyl adjacent to an activating group) is 1. The number of aromatic hydroxyl groups is 1. The predicted octanol–water partition coefficient (Wildman–Crippen LogP) is 5.68. The lowest BCUT2D eigenvalue weighted by atomic mass is 9.80. The van der Waals surface area contributed by atoms with Gasteiger partial charge in [0.25, 0.3) is 0 Å². The Balaban J connectivity index is 1.36. The van der Waals surface area contributed by atoms with Crippen LogP contribution in [0.15, 0.2) is 66.7 Å². The van der Waals surface area contributed by atoms with E-state index in [2.05, 4.69) is 78.7 Å². The molecule has 0 heterocycles. The molecule has 0 aromatic heterocycles. The molecule has 0 saturated carbocycles. The number of ether oxygens (including phenoxy) is 1. The van der Waals surface area contributed by atoms with E-state index >= 15 is 0 Å². The highest BCUT2D eigenvalue weighted by Crippen LogP contribution is 2.37. The number of aryl methyl sites for hydroxylation is 1. The van der Waals surface area contributed by atoms with Crippen LogP contribution in [0.25, 0.3) is 0 Å². The second-order valence-electron chi connectivity index (χ2n) is 9.27. The molecule has 1 aliphatic carbocycles. The fourth-order valence-corrected chi connectivity index (χ4v) is 4.84. The van der Waals surface area contributed by atoms with E-state index in [1.54, 1.807) is 6.07 Å². The Labute approximate surface area is 204 Å². The molecule has 3 aromatic carbocycles. The first kappa shape index (κ1) is 24.3. The first-order chi connectivity index (χ1) is 16.7. The molecule has 3 aromatic rings. The van der Waals surface area contributed by atoms with Crippen LogP contribution in [-0.2, 0) is 25.8 Å². The fourth-order valence-electron chi connectivity index (χ4n) is 4.84. The summed E-state index contributed by atoms with van der Waals surface area (Å²) in [7, 11) is 0. The van der Waals surface area contributed by atoms with Gasteiger partial charge in [-0.05, 0) is 97.3 Å². The van der Waals surface area contributed by atoms with E-state index in [-0.39, 0.29) is 0 Å². The van der Waals surface area contributed by atoms with Gasteiger partial charge in [0.15, 0.2) is 0 Å². The van der Waals surface area contributed by atoms with E-state index in [0.29, 0.717) is 18.4 Å². The smallest absolute Gasteiger partial charge is 0.142 e. The van der Waals surface area contributed by atoms with E-state index in [1.165, 1.54) is 27.8 Å². The standard InChI is InChI=1S/C30H38N2O2/c1-3-31-18-17-23-9-11-24(12-10-23)21-32(4-2)22-34-30-8-6-5-7-29(30)27-14-13-26-20-28(33)16-15-25(26)19-27/h5-12,15-16,20,27,31,33H,3-4,13-14,17-19,21-22H2,1-2H3/t27-/m1/s1. The summed E-state index contributed by atoms with van der Waals surface area (Å²) in [4.78, 5) is 2.34. The highest BCUT2D eigenvalue weighted by molar-refractivity contribution is 5.42. The van der Waals surface area contributed by atoms with Gasteiger partial charge < -0.3 is 15.2 Å². The van der Waals surface area contributed by atoms with Gasteiger partial charge >= 0.3 is 0 Å². The quantitative estimate of drug-likeness (QED) is 0.287. The SMILES string of the molecule is CCNCCc1ccc(CN(CC)COc2ccccc2[C@@H]2CCc3cc(O)ccc3C2)cc1. The summed E-state index contributed by atoms with van der Waals surface area (Å²) in [6, 6.07) is 23.3. The summed E-state index contributed by atoms with van der Waals surface area (Å²) in [5.74, 6) is 1.80. The highest BCUT2D eigenvalue weighted by Gasteiger charge is 2.23. The maximum Gasteiger partial charge on any atom is 0.142 e. The minimum atomic E-state index is 0.365. The first-order valence-electron chi connectivity index (χ1n) is 12.7. The summed E-state index contributed by atoms with van der Waals surface area (Å²) in [5.41, 5.74) is 6.61. The van der Waals surface area contributed by atoms with Crippen LogP contribution in [-0.4, -0.2) is 36.4 Å². The average molecular weight is 459 g/mol. The normalized spacial score (nSPS) is 15.3. The van der Waals surface area contributed by atoms with E-state index in [9.17, 15) is 5.11 Å². The highest BCUT2D eigenvalue weighted by atomic mass is 16.5. The largest absolute Gasteiger partial charge is 0.508 e. The average Bonchev–Trinajstić information content (AvgIpc) is 2.87. The van der Waals surface area contributed by atoms with Crippen molar-refractivity contribution in [2.75, 3.05) is 26.4 Å². The molecule has 0 spiro atoms. The van der Waals surface area contributed by atoms with Gasteiger partial charge in [-0.25, -0.2) is 0 Å². The Morgan fingerprint density at radius 2 is 1.76 bits per heavy atom. The Hall–Kier alpha value is -2.82. The topological polar surface area (TPSA) is 44.7 Å². The van der Waals surface area contributed by atoms with Gasteiger partial charge in [0, 0.05) is 6.54 Å². The number of para-hydroxylation sites is 1. The number of hydrogen-bond acceptors (Lipinski definition) is 4. The molecule has 0 bridgehead atoms. The van der Waals surface area contributed by atoms with Crippen molar-refractivity contribution in [3.63, 3.8) is 0 Å². The monoisotopic (exact) mass is 458 g/mol. The maximum absolute atomic E-state index is 9.80. The van der Waals surface area contributed by atoms with Crippen LogP contribution in [0.4, 0.5) is 0 Å². The minimum absolute atomic E-state index is 0.365. The molecule has 0 saturated heterocycles. The van der Waals surface area contributed by atoms with Crippen LogP contribution in [0.1, 0.15) is 54.0 Å². The van der Waals surface area contributed by atoms with E-state index in [4.69, 9.17) is 4.74 Å². The second-order valence-corrected chi connectivity index (χ2v) is 9.27. The van der Waals surface area contributed by atoms with E-state index < -0.39 is 0 Å². The third kappa shape index (κ3) is 6.40. The lowest BCUT2D eigenvalue weighted by Gasteiger charge is -2.28. The minimum Gasteiger partial charge on any atom is -0.508 e. The number of phenolic OH excluding ortho intramolecular Hbond substituents is 1. The zero-order chi connectivity index (χ0) is 23.8. The molecule has 2 N–H and O–H groups in total. The van der Waals surface area contributed by atoms with Crippen LogP contribution < -0.4 is 10.1 Å². The van der Waals surface area contributed by atoms with Gasteiger partial charge in [-0.15, -0.1) is 0 Å². The van der Waals surface area contributed by atoms with Gasteiger partial charge in [0.1, 0.15) is 18.2 Å². The molecule has 0 fully saturated rings. The third-order valence-corrected chi connectivity index (χ3v) is 6.90. The summed E-state index contributed by atoms with van der Waals surface area (Å²) in [6.07, 6.45) is 4.13. The fraction of sp³-hybridized carbons (Fsp3) is 0.400. The second kappa shape index (κ2) is 12.0. The number of benzene rings is 3. The van der Waals surface area contributed by atoms with Gasteiger partial charge in [-0.2, -0.15) is 0 Å². The van der Waals surface area contributed by atoms with Crippen LogP contribution in [0.3, 0.4) is 0 Å². The molecule has 4 rings (SSSR count). The molecule has 180 valence electrons. The molecule has 1 aliphatic rings. The van der Waals surface area contributed by atoms with E-state index in [1.807, 2.05) is 6.07 Å². The number of phenols is 1. The number of nitrogens with one attached hydrogen (secondary N) is 1. The van der Waals surface area contributed by atoms with Crippen LogP contribution in [0.2, 0.25) is 0 Å². The molecule has 4 nitrogen and oxygen atoms in total. The summed E-state index contributed by atoms with van der Waals surface area (Å²) in [6.45, 7) is 8.77. The molecular weight excluding hydrogens is 420 g/mol. The molecule has 4 heteroatoms. The van der Waals surface area contributed by atoms with E-state index in [0.717, 1.165) is 57.6 Å². The molecule has 0 unspecified atom stereocenters. The molecule has 0 aliphatic heterocycles. The first-order valence-corrected chi connectivity index (χ1v) is 12.7. The summed E-state index contributed by atoms with van der Waals surface area (Å²) in [5, 5.41) is 13.2. The summed E-state index contributed by atoms with van der Waals surface area (Å²) < 4.78 is 6.39. The zero-order valence-electron chi connectivity index (χ0n) is 20.6. The summed E-state index contributed by atoms with van der Waals surface area (Å²) >= 11 is 0. The lowest BCUT2D eigenvalue weighted by molar-refractivity contribution is 0.123. The van der Waals surface area contributed by atoms with Crippen molar-refractivity contribution in [2.24, 2.45) is 0 Å². The van der Waals surface area contributed by atoms with Crippen molar-refractivity contribution in [2.45, 2.75) is 52.0 Å². The van der Waals surface area contributed by atoms with Gasteiger partial charge in [0.05, 0.1) is 0 Å². The van der Waals surface area contributed by atoms with Crippen LogP contribution >= 0.6 is 0 Å². The number of rotatable bonds is 11. The molecule has 1 atom stereocenters. The Morgan fingerprint density at radius 3 is 2.56 bits per heavy atom. The van der Waals surface area contributed by atoms with Crippen molar-refractivity contribution >= 4 is 0 Å². The predicted molar refractivity (Wildman–Crippen MR) is 140 cm³/mol. The van der Waals surface area contributed by atoms with Crippen molar-refractivity contribution in [1.29, 1.82) is 0 Å². The molecule has 0 radical (unpaired) electrons. The molecule has 0 amide bonds. The Morgan fingerprint density at radius 1 is 0.971 bits per heavy atom. The Kier molecular flexibility index (Phi) is 8.62. The van der Waals surface area contributed by atoms with Crippen LogP contribution in [0.5, 0.6) is 11.5 Å². The van der Waals surface area contributed by atoms with Gasteiger partial charge in [0.2, 0.25) is 0 Å². The Bertz CT molecular complexity index is 1050. The number of fused-ring (bicyclic) bond motifs is 1. The van der Waals surface area contributed by atoms with Crippen molar-refractivity contribution in [3.8, 4) is 11.5 Å². The number of nitrogens with zero attached hydrogens (tertiary/aromatic N) is 1. The maximum atomic E-state index is 9.80. The molecule has 34 heavy (non-hydrogen) atoms. The number of hydrogen-bond donors (Lipinski definition) is 2. The third-order valence-electron chi connectivity index (χ3n) is 6.90. The van der Waals surface area contributed by atoms with Gasteiger partial charge in [-0.3, -0.25) is 4.90 Å². The van der Waals surface area contributed by atoms with Crippen LogP contribution in [0, 0.1) is 0 Å². The van der Waals surface area contributed by atoms with Gasteiger partial charge in [-0.1, -0.05) is 62.4 Å². The van der Waals surface area contributed by atoms with Crippen molar-refractivity contribution in [1.82, 2.24) is 10.2 Å². The molecular formula is C30H38N2O2. The zero-order valence-corrected chi connectivity index (χ0v) is 20.6. The lowest BCUT2D eigenvalue weighted by Crippen LogP contribution is -2.28.